The van der Waals surface area contributed by atoms with E-state index in [0.717, 1.165) is 6.92 Å². The second-order valence-corrected chi connectivity index (χ2v) is 2.08. The predicted octanol–water partition coefficient (Wildman–Crippen LogP) is 3.10. The maximum absolute atomic E-state index is 12.1. The maximum Gasteiger partial charge on any atom is 0.426 e. The fraction of sp³-hybridized carbons (Fsp3) is 0.667. The molecule has 0 bridgehead atoms. The molecular formula is C6H6F6. The smallest absolute Gasteiger partial charge is 0.230 e. The van der Waals surface area contributed by atoms with Crippen LogP contribution in [0.25, 0.3) is 0 Å². The first-order valence-electron chi connectivity index (χ1n) is 2.94. The summed E-state index contributed by atoms with van der Waals surface area (Å²) in [6, 6.07) is 0. The molecule has 0 spiro atoms. The van der Waals surface area contributed by atoms with E-state index in [1.165, 1.54) is 0 Å². The number of hydrogen-bond acceptors (Lipinski definition) is 0. The Kier molecular flexibility index (Phi) is 3.17. The average molecular weight is 192 g/mol. The van der Waals surface area contributed by atoms with Gasteiger partial charge in [0.1, 0.15) is 0 Å². The lowest BCUT2D eigenvalue weighted by Gasteiger charge is -2.19. The van der Waals surface area contributed by atoms with Gasteiger partial charge in [-0.3, -0.25) is 0 Å². The van der Waals surface area contributed by atoms with Gasteiger partial charge in [0.25, 0.3) is 6.17 Å². The zero-order chi connectivity index (χ0) is 9.99. The molecule has 0 amide bonds. The van der Waals surface area contributed by atoms with Gasteiger partial charge in [0, 0.05) is 0 Å². The summed E-state index contributed by atoms with van der Waals surface area (Å²) in [7, 11) is 0. The van der Waals surface area contributed by atoms with Crippen LogP contribution in [0, 0.1) is 0 Å². The highest BCUT2D eigenvalue weighted by Crippen LogP contribution is 2.35. The van der Waals surface area contributed by atoms with E-state index in [0.29, 0.717) is 6.08 Å². The number of halogens is 6. The molecule has 12 heavy (non-hydrogen) atoms. The summed E-state index contributed by atoms with van der Waals surface area (Å²) in [6.07, 6.45) is -9.12. The molecule has 0 fully saturated rings. The van der Waals surface area contributed by atoms with Crippen molar-refractivity contribution in [2.45, 2.75) is 25.2 Å². The zero-order valence-corrected chi connectivity index (χ0v) is 6.00. The molecule has 0 aromatic carbocycles. The number of rotatable bonds is 2. The van der Waals surface area contributed by atoms with Crippen LogP contribution in [0.15, 0.2) is 12.2 Å². The van der Waals surface area contributed by atoms with Gasteiger partial charge in [0.2, 0.25) is 0 Å². The molecule has 0 saturated heterocycles. The van der Waals surface area contributed by atoms with Crippen LogP contribution < -0.4 is 0 Å². The van der Waals surface area contributed by atoms with E-state index in [1.807, 2.05) is 0 Å². The van der Waals surface area contributed by atoms with E-state index >= 15 is 0 Å². The molecule has 1 unspecified atom stereocenters. The van der Waals surface area contributed by atoms with Gasteiger partial charge in [-0.25, -0.2) is 4.39 Å². The van der Waals surface area contributed by atoms with Crippen LogP contribution in [0.3, 0.4) is 0 Å². The molecule has 6 heteroatoms. The fourth-order valence-corrected chi connectivity index (χ4v) is 0.525. The van der Waals surface area contributed by atoms with Crippen LogP contribution in [-0.4, -0.2) is 18.3 Å². The van der Waals surface area contributed by atoms with Crippen molar-refractivity contribution in [3.8, 4) is 0 Å². The van der Waals surface area contributed by atoms with E-state index < -0.39 is 18.3 Å². The quantitative estimate of drug-likeness (QED) is 0.465. The van der Waals surface area contributed by atoms with Gasteiger partial charge in [-0.05, 0) is 13.0 Å². The Labute approximate surface area is 64.9 Å². The standard InChI is InChI=1S/C6H6F6/c1-2-3-5(8,9)4(7)6(10,11)12/h2-4H,1H3. The first-order chi connectivity index (χ1) is 5.22. The molecule has 0 N–H and O–H groups in total. The van der Waals surface area contributed by atoms with Crippen molar-refractivity contribution in [2.24, 2.45) is 0 Å². The molecule has 0 aromatic rings. The Morgan fingerprint density at radius 2 is 1.50 bits per heavy atom. The molecule has 0 rings (SSSR count). The molecule has 0 radical (unpaired) electrons. The van der Waals surface area contributed by atoms with Gasteiger partial charge in [-0.1, -0.05) is 6.08 Å². The summed E-state index contributed by atoms with van der Waals surface area (Å²) >= 11 is 0. The third kappa shape index (κ3) is 2.75. The Hall–Kier alpha value is -0.680. The molecule has 0 nitrogen and oxygen atoms in total. The van der Waals surface area contributed by atoms with E-state index in [4.69, 9.17) is 0 Å². The van der Waals surface area contributed by atoms with Crippen LogP contribution in [0.5, 0.6) is 0 Å². The highest BCUT2D eigenvalue weighted by Gasteiger charge is 2.55. The normalized spacial score (nSPS) is 16.9. The number of alkyl halides is 6. The fourth-order valence-electron chi connectivity index (χ4n) is 0.525. The van der Waals surface area contributed by atoms with Gasteiger partial charge in [0.15, 0.2) is 0 Å². The van der Waals surface area contributed by atoms with Crippen LogP contribution in [0.2, 0.25) is 0 Å². The van der Waals surface area contributed by atoms with Gasteiger partial charge in [-0.15, -0.1) is 0 Å². The van der Waals surface area contributed by atoms with Crippen LogP contribution in [0.4, 0.5) is 26.3 Å². The Bertz CT molecular complexity index is 167. The molecule has 0 aliphatic rings. The summed E-state index contributed by atoms with van der Waals surface area (Å²) < 4.78 is 70.3. The third-order valence-electron chi connectivity index (χ3n) is 1.01. The van der Waals surface area contributed by atoms with Crippen molar-refractivity contribution in [1.29, 1.82) is 0 Å². The minimum absolute atomic E-state index is 0.120. The molecule has 0 aliphatic carbocycles. The molecule has 0 heterocycles. The van der Waals surface area contributed by atoms with Crippen molar-refractivity contribution in [2.75, 3.05) is 0 Å². The topological polar surface area (TPSA) is 0 Å². The van der Waals surface area contributed by atoms with Crippen molar-refractivity contribution < 1.29 is 26.3 Å². The Morgan fingerprint density at radius 3 is 1.75 bits per heavy atom. The Morgan fingerprint density at radius 1 is 1.08 bits per heavy atom. The van der Waals surface area contributed by atoms with E-state index in [9.17, 15) is 26.3 Å². The summed E-state index contributed by atoms with van der Waals surface area (Å²) in [5.41, 5.74) is 0. The number of hydrogen-bond donors (Lipinski definition) is 0. The molecule has 0 aliphatic heterocycles. The summed E-state index contributed by atoms with van der Waals surface area (Å²) in [5.74, 6) is -4.48. The lowest BCUT2D eigenvalue weighted by Crippen LogP contribution is -2.40. The highest BCUT2D eigenvalue weighted by molar-refractivity contribution is 4.99. The van der Waals surface area contributed by atoms with E-state index in [1.54, 1.807) is 0 Å². The first kappa shape index (κ1) is 11.3. The molecule has 0 aromatic heterocycles. The maximum atomic E-state index is 12.1. The SMILES string of the molecule is CC=CC(F)(F)C(F)C(F)(F)F. The monoisotopic (exact) mass is 192 g/mol. The largest absolute Gasteiger partial charge is 0.426 e. The lowest BCUT2D eigenvalue weighted by atomic mass is 10.2. The van der Waals surface area contributed by atoms with Crippen molar-refractivity contribution in [3.63, 3.8) is 0 Å². The van der Waals surface area contributed by atoms with Crippen LogP contribution in [-0.2, 0) is 0 Å². The second kappa shape index (κ2) is 3.37. The van der Waals surface area contributed by atoms with Crippen molar-refractivity contribution >= 4 is 0 Å². The van der Waals surface area contributed by atoms with Gasteiger partial charge < -0.3 is 0 Å². The molecular weight excluding hydrogens is 186 g/mol. The van der Waals surface area contributed by atoms with Gasteiger partial charge in [0.05, 0.1) is 0 Å². The zero-order valence-electron chi connectivity index (χ0n) is 6.00. The molecule has 0 saturated carbocycles. The highest BCUT2D eigenvalue weighted by atomic mass is 19.4. The average Bonchev–Trinajstić information content (AvgIpc) is 1.84. The van der Waals surface area contributed by atoms with Crippen molar-refractivity contribution in [1.82, 2.24) is 0 Å². The van der Waals surface area contributed by atoms with E-state index in [-0.39, 0.29) is 6.08 Å². The van der Waals surface area contributed by atoms with Gasteiger partial charge >= 0.3 is 12.1 Å². The Balaban J connectivity index is 4.56. The molecule has 1 atom stereocenters. The summed E-state index contributed by atoms with van der Waals surface area (Å²) in [5, 5.41) is 0. The minimum atomic E-state index is -5.52. The minimum Gasteiger partial charge on any atom is -0.230 e. The summed E-state index contributed by atoms with van der Waals surface area (Å²) in [4.78, 5) is 0. The van der Waals surface area contributed by atoms with E-state index in [2.05, 4.69) is 0 Å². The van der Waals surface area contributed by atoms with Crippen molar-refractivity contribution in [3.05, 3.63) is 12.2 Å². The lowest BCUT2D eigenvalue weighted by molar-refractivity contribution is -0.230. The molecule has 72 valence electrons. The predicted molar refractivity (Wildman–Crippen MR) is 30.7 cm³/mol. The van der Waals surface area contributed by atoms with Crippen LogP contribution >= 0.6 is 0 Å². The van der Waals surface area contributed by atoms with Gasteiger partial charge in [-0.2, -0.15) is 22.0 Å². The van der Waals surface area contributed by atoms with Crippen LogP contribution in [0.1, 0.15) is 6.92 Å². The number of allylic oxidation sites excluding steroid dienone is 2. The first-order valence-corrected chi connectivity index (χ1v) is 2.94. The summed E-state index contributed by atoms with van der Waals surface area (Å²) in [6.45, 7) is 1.08. The third-order valence-corrected chi connectivity index (χ3v) is 1.01. The second-order valence-electron chi connectivity index (χ2n) is 2.08.